The summed E-state index contributed by atoms with van der Waals surface area (Å²) in [6, 6.07) is 62.2. The number of rotatable bonds is 10. The number of nitrogens with two attached hydrogens (primary N) is 1. The molecular formula is C50H38N6O2. The Kier molecular flexibility index (Phi) is 10.8. The van der Waals surface area contributed by atoms with E-state index in [4.69, 9.17) is 41.4 Å². The second-order valence-electron chi connectivity index (χ2n) is 13.6. The first-order chi connectivity index (χ1) is 28.4. The number of ether oxygens (including phenoxy) is 2. The molecule has 0 aliphatic rings. The van der Waals surface area contributed by atoms with Gasteiger partial charge in [0.15, 0.2) is 12.1 Å². The average Bonchev–Trinajstić information content (AvgIpc) is 3.30. The van der Waals surface area contributed by atoms with Gasteiger partial charge in [-0.05, 0) is 82.9 Å². The van der Waals surface area contributed by atoms with Crippen LogP contribution in [0.4, 0.5) is 0 Å². The molecule has 8 rings (SSSR count). The summed E-state index contributed by atoms with van der Waals surface area (Å²) in [5.41, 5.74) is 17.0. The molecule has 0 aliphatic heterocycles. The largest absolute Gasteiger partial charge is 0.454 e. The Bertz CT molecular complexity index is 2650. The van der Waals surface area contributed by atoms with Crippen molar-refractivity contribution in [3.05, 3.63) is 216 Å². The summed E-state index contributed by atoms with van der Waals surface area (Å²) in [4.78, 5) is 10.1. The maximum atomic E-state index is 8.58. The number of aromatic nitrogens is 2. The van der Waals surface area contributed by atoms with Gasteiger partial charge in [0, 0.05) is 38.9 Å². The summed E-state index contributed by atoms with van der Waals surface area (Å²) in [6.07, 6.45) is -0.824. The molecule has 0 amide bonds. The van der Waals surface area contributed by atoms with Crippen molar-refractivity contribution in [2.24, 2.45) is 5.73 Å². The molecule has 0 saturated heterocycles. The Balaban J connectivity index is 1.17. The fraction of sp³-hybridized carbons (Fsp3) is 0.0200. The molecule has 0 fully saturated rings. The molecule has 1 atom stereocenters. The van der Waals surface area contributed by atoms with Gasteiger partial charge in [0.05, 0.1) is 11.4 Å². The number of nitrogens with zero attached hydrogens (tertiary/aromatic N) is 2. The lowest BCUT2D eigenvalue weighted by molar-refractivity contribution is 0.199. The van der Waals surface area contributed by atoms with Crippen LogP contribution >= 0.6 is 0 Å². The summed E-state index contributed by atoms with van der Waals surface area (Å²) < 4.78 is 11.4. The van der Waals surface area contributed by atoms with Gasteiger partial charge in [0.2, 0.25) is 17.7 Å². The first-order valence-corrected chi connectivity index (χ1v) is 18.7. The van der Waals surface area contributed by atoms with Crippen molar-refractivity contribution in [1.29, 1.82) is 16.2 Å². The van der Waals surface area contributed by atoms with Gasteiger partial charge in [0.1, 0.15) is 0 Å². The van der Waals surface area contributed by atoms with E-state index >= 15 is 0 Å². The van der Waals surface area contributed by atoms with Crippen LogP contribution in [0.15, 0.2) is 194 Å². The Labute approximate surface area is 336 Å². The van der Waals surface area contributed by atoms with E-state index in [1.165, 1.54) is 0 Å². The average molecular weight is 755 g/mol. The Morgan fingerprint density at radius 1 is 0.397 bits per heavy atom. The third kappa shape index (κ3) is 8.53. The fourth-order valence-electron chi connectivity index (χ4n) is 6.52. The van der Waals surface area contributed by atoms with E-state index in [9.17, 15) is 0 Å². The molecule has 1 aromatic heterocycles. The van der Waals surface area contributed by atoms with Gasteiger partial charge in [0.25, 0.3) is 0 Å². The highest BCUT2D eigenvalue weighted by atomic mass is 16.5. The Morgan fingerprint density at radius 2 is 0.810 bits per heavy atom. The maximum absolute atomic E-state index is 8.58. The zero-order valence-electron chi connectivity index (χ0n) is 31.3. The van der Waals surface area contributed by atoms with E-state index < -0.39 is 6.23 Å². The Morgan fingerprint density at radius 3 is 1.34 bits per heavy atom. The second kappa shape index (κ2) is 16.9. The molecule has 1 unspecified atom stereocenters. The van der Waals surface area contributed by atoms with E-state index in [0.717, 1.165) is 55.9 Å². The summed E-state index contributed by atoms with van der Waals surface area (Å²) in [6.45, 7) is 0. The van der Waals surface area contributed by atoms with Crippen LogP contribution in [0.3, 0.4) is 0 Å². The van der Waals surface area contributed by atoms with Crippen molar-refractivity contribution in [1.82, 2.24) is 9.97 Å². The summed E-state index contributed by atoms with van der Waals surface area (Å²) in [5, 5.41) is 25.3. The van der Waals surface area contributed by atoms with Crippen LogP contribution in [0.5, 0.6) is 0 Å². The molecule has 0 bridgehead atoms. The molecule has 280 valence electrons. The van der Waals surface area contributed by atoms with Crippen molar-refractivity contribution < 1.29 is 9.47 Å². The van der Waals surface area contributed by atoms with Crippen LogP contribution in [0.2, 0.25) is 0 Å². The van der Waals surface area contributed by atoms with E-state index in [1.807, 2.05) is 164 Å². The summed E-state index contributed by atoms with van der Waals surface area (Å²) >= 11 is 0. The van der Waals surface area contributed by atoms with E-state index in [-0.39, 0.29) is 17.7 Å². The van der Waals surface area contributed by atoms with Gasteiger partial charge in [-0.25, -0.2) is 9.97 Å². The molecule has 1 heterocycles. The molecule has 0 saturated carbocycles. The quantitative estimate of drug-likeness (QED) is 0.0624. The molecular weight excluding hydrogens is 717 g/mol. The molecule has 58 heavy (non-hydrogen) atoms. The zero-order chi connectivity index (χ0) is 39.8. The van der Waals surface area contributed by atoms with Crippen molar-refractivity contribution in [2.45, 2.75) is 6.23 Å². The van der Waals surface area contributed by atoms with Crippen LogP contribution in [0.1, 0.15) is 28.5 Å². The molecule has 0 aliphatic carbocycles. The van der Waals surface area contributed by atoms with Crippen molar-refractivity contribution in [3.63, 3.8) is 0 Å². The monoisotopic (exact) mass is 754 g/mol. The number of hydrogen-bond acceptors (Lipinski definition) is 8. The highest BCUT2D eigenvalue weighted by molar-refractivity contribution is 6.05. The molecule has 5 N–H and O–H groups in total. The minimum absolute atomic E-state index is 0.00583. The van der Waals surface area contributed by atoms with Crippen LogP contribution in [-0.4, -0.2) is 27.7 Å². The molecule has 7 aromatic carbocycles. The maximum Gasteiger partial charge on any atom is 0.221 e. The van der Waals surface area contributed by atoms with Crippen LogP contribution in [-0.2, 0) is 9.47 Å². The smallest absolute Gasteiger partial charge is 0.221 e. The lowest BCUT2D eigenvalue weighted by Crippen LogP contribution is -2.19. The highest BCUT2D eigenvalue weighted by Gasteiger charge is 2.16. The van der Waals surface area contributed by atoms with Gasteiger partial charge in [-0.15, -0.1) is 0 Å². The topological polar surface area (TPSA) is 142 Å². The van der Waals surface area contributed by atoms with Crippen molar-refractivity contribution in [2.75, 3.05) is 0 Å². The third-order valence-corrected chi connectivity index (χ3v) is 9.63. The molecule has 8 nitrogen and oxygen atoms in total. The van der Waals surface area contributed by atoms with Gasteiger partial charge >= 0.3 is 0 Å². The predicted octanol–water partition coefficient (Wildman–Crippen LogP) is 11.2. The molecule has 8 aromatic rings. The van der Waals surface area contributed by atoms with Crippen LogP contribution in [0, 0.1) is 16.2 Å². The van der Waals surface area contributed by atoms with Crippen molar-refractivity contribution >= 4 is 17.7 Å². The highest BCUT2D eigenvalue weighted by Crippen LogP contribution is 2.35. The fourth-order valence-corrected chi connectivity index (χ4v) is 6.52. The van der Waals surface area contributed by atoms with Gasteiger partial charge in [-0.1, -0.05) is 133 Å². The minimum Gasteiger partial charge on any atom is -0.454 e. The number of benzene rings is 7. The normalized spacial score (nSPS) is 11.3. The first kappa shape index (κ1) is 37.1. The predicted molar refractivity (Wildman–Crippen MR) is 232 cm³/mol. The van der Waals surface area contributed by atoms with E-state index in [1.54, 1.807) is 12.1 Å². The lowest BCUT2D eigenvalue weighted by Gasteiger charge is -2.16. The standard InChI is InChI=1S/C50H38N6O2/c51-46(36-15-7-2-8-16-36)57-48(53)38-25-21-33(22-26-38)41-29-42(34-23-27-39(28-24-34)49(54)58-47(52)37-17-9-3-10-18-37)31-43(30-41)45-32-44(35-13-5-1-6-14-35)55-50(56-45)40-19-11-4-12-20-40/h1-32,48,51-52,54H,53H2. The molecule has 0 spiro atoms. The first-order valence-electron chi connectivity index (χ1n) is 18.7. The third-order valence-electron chi connectivity index (χ3n) is 9.63. The summed E-state index contributed by atoms with van der Waals surface area (Å²) in [5.74, 6) is 0.423. The summed E-state index contributed by atoms with van der Waals surface area (Å²) in [7, 11) is 0. The molecule has 8 heteroatoms. The second-order valence-corrected chi connectivity index (χ2v) is 13.6. The van der Waals surface area contributed by atoms with Gasteiger partial charge in [-0.2, -0.15) is 0 Å². The number of hydrogen-bond donors (Lipinski definition) is 4. The number of nitrogens with one attached hydrogen (secondary N) is 3. The van der Waals surface area contributed by atoms with Gasteiger partial charge in [-0.3, -0.25) is 22.0 Å². The van der Waals surface area contributed by atoms with Crippen LogP contribution < -0.4 is 5.73 Å². The Hall–Kier alpha value is -7.81. The van der Waals surface area contributed by atoms with E-state index in [0.29, 0.717) is 22.5 Å². The van der Waals surface area contributed by atoms with E-state index in [2.05, 4.69) is 18.2 Å². The zero-order valence-corrected chi connectivity index (χ0v) is 31.3. The lowest BCUT2D eigenvalue weighted by atomic mass is 9.93. The minimum atomic E-state index is -0.824. The molecule has 0 radical (unpaired) electrons. The van der Waals surface area contributed by atoms with Crippen molar-refractivity contribution in [3.8, 4) is 56.2 Å². The SMILES string of the molecule is N=C(OC(=N)c1ccc(-c2cc(-c3ccc(C(N)OC(=N)c4ccccc4)cc3)cc(-c3cc(-c4ccccc4)nc(-c4ccccc4)n3)c2)cc1)c1ccccc1. The van der Waals surface area contributed by atoms with Gasteiger partial charge < -0.3 is 9.47 Å². The van der Waals surface area contributed by atoms with Crippen LogP contribution in [0.25, 0.3) is 56.2 Å².